The molecular formula is C21H19Cl2NO2. The molecular weight excluding hydrogens is 369 g/mol. The molecule has 0 unspecified atom stereocenters. The van der Waals surface area contributed by atoms with Gasteiger partial charge in [0.2, 0.25) is 0 Å². The number of nitrogens with zero attached hydrogens (tertiary/aromatic N) is 1. The molecule has 3 rings (SSSR count). The van der Waals surface area contributed by atoms with Crippen LogP contribution < -0.4 is 4.74 Å². The second kappa shape index (κ2) is 7.67. The monoisotopic (exact) mass is 387 g/mol. The molecule has 1 heterocycles. The molecule has 2 atom stereocenters. The van der Waals surface area contributed by atoms with Gasteiger partial charge >= 0.3 is 0 Å². The number of rotatable bonds is 5. The van der Waals surface area contributed by atoms with E-state index in [1.165, 1.54) is 0 Å². The van der Waals surface area contributed by atoms with Crippen LogP contribution in [0.3, 0.4) is 0 Å². The summed E-state index contributed by atoms with van der Waals surface area (Å²) < 4.78 is 5.54. The van der Waals surface area contributed by atoms with Crippen molar-refractivity contribution < 1.29 is 9.84 Å². The van der Waals surface area contributed by atoms with E-state index in [2.05, 4.69) is 4.98 Å². The fourth-order valence-corrected chi connectivity index (χ4v) is 3.86. The molecule has 0 aliphatic heterocycles. The molecule has 1 N–H and O–H groups in total. The smallest absolute Gasteiger partial charge is 0.122 e. The zero-order chi connectivity index (χ0) is 18.7. The van der Waals surface area contributed by atoms with Crippen molar-refractivity contribution in [2.24, 2.45) is 0 Å². The van der Waals surface area contributed by atoms with E-state index in [1.54, 1.807) is 38.4 Å². The van der Waals surface area contributed by atoms with Crippen LogP contribution in [0.25, 0.3) is 0 Å². The molecule has 0 saturated carbocycles. The minimum absolute atomic E-state index is 0.401. The number of aliphatic hydroxyl groups is 1. The Morgan fingerprint density at radius 1 is 1.04 bits per heavy atom. The van der Waals surface area contributed by atoms with Crippen LogP contribution in [0.1, 0.15) is 29.7 Å². The Kier molecular flexibility index (Phi) is 5.52. The molecule has 0 bridgehead atoms. The maximum absolute atomic E-state index is 11.6. The summed E-state index contributed by atoms with van der Waals surface area (Å²) in [6.45, 7) is 1.73. The first-order valence-corrected chi connectivity index (χ1v) is 8.92. The van der Waals surface area contributed by atoms with Crippen molar-refractivity contribution in [2.45, 2.75) is 18.4 Å². The molecule has 2 aromatic carbocycles. The predicted molar refractivity (Wildman–Crippen MR) is 105 cm³/mol. The van der Waals surface area contributed by atoms with Crippen molar-refractivity contribution in [1.82, 2.24) is 4.98 Å². The van der Waals surface area contributed by atoms with Crippen LogP contribution in [0.2, 0.25) is 10.0 Å². The lowest BCUT2D eigenvalue weighted by atomic mass is 9.76. The molecule has 5 heteroatoms. The zero-order valence-corrected chi connectivity index (χ0v) is 16.0. The van der Waals surface area contributed by atoms with Crippen molar-refractivity contribution in [2.75, 3.05) is 7.11 Å². The molecule has 0 saturated heterocycles. The van der Waals surface area contributed by atoms with Gasteiger partial charge in [-0.1, -0.05) is 53.5 Å². The third kappa shape index (κ3) is 3.56. The van der Waals surface area contributed by atoms with E-state index in [-0.39, 0.29) is 0 Å². The summed E-state index contributed by atoms with van der Waals surface area (Å²) in [5.41, 5.74) is 0.771. The first-order valence-electron chi connectivity index (χ1n) is 8.17. The minimum atomic E-state index is -1.34. The van der Waals surface area contributed by atoms with Crippen molar-refractivity contribution in [3.8, 4) is 5.75 Å². The van der Waals surface area contributed by atoms with Gasteiger partial charge in [0.1, 0.15) is 11.4 Å². The van der Waals surface area contributed by atoms with Gasteiger partial charge in [0.25, 0.3) is 0 Å². The Labute approximate surface area is 163 Å². The third-order valence-corrected chi connectivity index (χ3v) is 5.02. The van der Waals surface area contributed by atoms with Crippen LogP contribution >= 0.6 is 23.2 Å². The molecule has 3 nitrogen and oxygen atoms in total. The van der Waals surface area contributed by atoms with E-state index in [0.29, 0.717) is 27.1 Å². The van der Waals surface area contributed by atoms with Crippen LogP contribution in [0.15, 0.2) is 66.9 Å². The maximum atomic E-state index is 11.6. The lowest BCUT2D eigenvalue weighted by molar-refractivity contribution is 0.0374. The van der Waals surface area contributed by atoms with Crippen molar-refractivity contribution in [3.63, 3.8) is 0 Å². The van der Waals surface area contributed by atoms with Gasteiger partial charge in [-0.25, -0.2) is 0 Å². The van der Waals surface area contributed by atoms with Gasteiger partial charge in [-0.3, -0.25) is 4.98 Å². The number of hydrogen-bond donors (Lipinski definition) is 1. The Morgan fingerprint density at radius 2 is 1.77 bits per heavy atom. The summed E-state index contributed by atoms with van der Waals surface area (Å²) in [5.74, 6) is 0.187. The molecule has 0 aliphatic rings. The lowest BCUT2D eigenvalue weighted by Gasteiger charge is -2.35. The first kappa shape index (κ1) is 18.7. The molecule has 0 amide bonds. The highest BCUT2D eigenvalue weighted by atomic mass is 35.5. The van der Waals surface area contributed by atoms with Crippen molar-refractivity contribution >= 4 is 23.2 Å². The lowest BCUT2D eigenvalue weighted by Crippen LogP contribution is -2.32. The van der Waals surface area contributed by atoms with Gasteiger partial charge in [-0.05, 0) is 37.3 Å². The second-order valence-corrected chi connectivity index (χ2v) is 7.04. The number of ether oxygens (including phenoxy) is 1. The largest absolute Gasteiger partial charge is 0.496 e. The van der Waals surface area contributed by atoms with E-state index in [9.17, 15) is 5.11 Å². The Balaban J connectivity index is 2.23. The first-order chi connectivity index (χ1) is 12.4. The fraction of sp³-hybridized carbons (Fsp3) is 0.190. The molecule has 3 aromatic rings. The average Bonchev–Trinajstić information content (AvgIpc) is 2.62. The number of pyridine rings is 1. The number of para-hydroxylation sites is 1. The Morgan fingerprint density at radius 3 is 2.42 bits per heavy atom. The van der Waals surface area contributed by atoms with Crippen molar-refractivity contribution in [3.05, 3.63) is 93.7 Å². The Bertz CT molecular complexity index is 898. The average molecular weight is 388 g/mol. The highest BCUT2D eigenvalue weighted by Crippen LogP contribution is 2.46. The number of hydrogen-bond acceptors (Lipinski definition) is 3. The van der Waals surface area contributed by atoms with Gasteiger partial charge in [-0.15, -0.1) is 0 Å². The zero-order valence-electron chi connectivity index (χ0n) is 14.5. The molecule has 0 radical (unpaired) electrons. The van der Waals surface area contributed by atoms with Crippen molar-refractivity contribution in [1.29, 1.82) is 0 Å². The van der Waals surface area contributed by atoms with Gasteiger partial charge in [-0.2, -0.15) is 0 Å². The van der Waals surface area contributed by atoms with E-state index in [4.69, 9.17) is 27.9 Å². The quantitative estimate of drug-likeness (QED) is 0.633. The highest BCUT2D eigenvalue weighted by molar-refractivity contribution is 6.35. The standard InChI is InChI=1S/C21H19Cl2NO2/c1-21(25,16-11-10-14(22)13-17(16)23)20(18-8-5-6-12-24-18)15-7-3-4-9-19(15)26-2/h3-13,20,25H,1-2H3/t20-,21+/m0/s1. The Hall–Kier alpha value is -2.07. The number of methoxy groups -OCH3 is 1. The number of halogens is 2. The summed E-state index contributed by atoms with van der Waals surface area (Å²) in [7, 11) is 1.61. The topological polar surface area (TPSA) is 42.4 Å². The SMILES string of the molecule is COc1ccccc1[C@@H](c1ccccn1)[C@](C)(O)c1ccc(Cl)cc1Cl. The van der Waals surface area contributed by atoms with E-state index in [0.717, 1.165) is 5.56 Å². The van der Waals surface area contributed by atoms with Crippen LogP contribution in [0.5, 0.6) is 5.75 Å². The molecule has 0 aliphatic carbocycles. The molecule has 0 spiro atoms. The summed E-state index contributed by atoms with van der Waals surface area (Å²) >= 11 is 12.4. The van der Waals surface area contributed by atoms with Gasteiger partial charge < -0.3 is 9.84 Å². The normalized spacial score (nSPS) is 14.5. The second-order valence-electron chi connectivity index (χ2n) is 6.20. The molecule has 0 fully saturated rings. The van der Waals surface area contributed by atoms with Crippen LogP contribution in [0, 0.1) is 0 Å². The number of benzene rings is 2. The predicted octanol–water partition coefficient (Wildman–Crippen LogP) is 5.44. The van der Waals surface area contributed by atoms with Crippen LogP contribution in [0.4, 0.5) is 0 Å². The maximum Gasteiger partial charge on any atom is 0.122 e. The van der Waals surface area contributed by atoms with Crippen LogP contribution in [-0.4, -0.2) is 17.2 Å². The van der Waals surface area contributed by atoms with Gasteiger partial charge in [0.05, 0.1) is 18.7 Å². The minimum Gasteiger partial charge on any atom is -0.496 e. The highest BCUT2D eigenvalue weighted by Gasteiger charge is 2.40. The molecule has 26 heavy (non-hydrogen) atoms. The summed E-state index contributed by atoms with van der Waals surface area (Å²) in [6, 6.07) is 18.3. The third-order valence-electron chi connectivity index (χ3n) is 4.47. The summed E-state index contributed by atoms with van der Waals surface area (Å²) in [6.07, 6.45) is 1.71. The summed E-state index contributed by atoms with van der Waals surface area (Å²) in [4.78, 5) is 4.49. The van der Waals surface area contributed by atoms with E-state index >= 15 is 0 Å². The summed E-state index contributed by atoms with van der Waals surface area (Å²) in [5, 5.41) is 12.5. The van der Waals surface area contributed by atoms with E-state index in [1.807, 2.05) is 42.5 Å². The molecule has 1 aromatic heterocycles. The van der Waals surface area contributed by atoms with Gasteiger partial charge in [0, 0.05) is 27.4 Å². The van der Waals surface area contributed by atoms with Crippen LogP contribution in [-0.2, 0) is 5.60 Å². The fourth-order valence-electron chi connectivity index (χ4n) is 3.26. The number of aromatic nitrogens is 1. The van der Waals surface area contributed by atoms with Gasteiger partial charge in [0.15, 0.2) is 0 Å². The van der Waals surface area contributed by atoms with E-state index < -0.39 is 11.5 Å². The molecule has 134 valence electrons.